The molecule has 0 amide bonds. The standard InChI is InChI=1S/C19H21N3S/c1-12-4-6-17(13(2)8-12)22-19(23)20-11-15-5-7-18-16(10-15)9-14(3)21-18/h4-10,21H,11H2,1-3H3,(H2,20,22,23). The van der Waals surface area contributed by atoms with Crippen molar-refractivity contribution in [1.29, 1.82) is 0 Å². The van der Waals surface area contributed by atoms with Crippen LogP contribution in [0.3, 0.4) is 0 Å². The maximum Gasteiger partial charge on any atom is 0.171 e. The number of fused-ring (bicyclic) bond motifs is 1. The van der Waals surface area contributed by atoms with E-state index in [9.17, 15) is 0 Å². The van der Waals surface area contributed by atoms with Crippen molar-refractivity contribution in [3.63, 3.8) is 0 Å². The van der Waals surface area contributed by atoms with Gasteiger partial charge in [-0.1, -0.05) is 23.8 Å². The lowest BCUT2D eigenvalue weighted by atomic mass is 10.1. The second kappa shape index (κ2) is 6.42. The molecule has 0 unspecified atom stereocenters. The fraction of sp³-hybridized carbons (Fsp3) is 0.211. The van der Waals surface area contributed by atoms with Crippen molar-refractivity contribution in [1.82, 2.24) is 10.3 Å². The van der Waals surface area contributed by atoms with Gasteiger partial charge in [-0.25, -0.2) is 0 Å². The van der Waals surface area contributed by atoms with Crippen LogP contribution in [0.25, 0.3) is 10.9 Å². The van der Waals surface area contributed by atoms with E-state index in [1.165, 1.54) is 33.3 Å². The van der Waals surface area contributed by atoms with E-state index in [-0.39, 0.29) is 0 Å². The zero-order valence-corrected chi connectivity index (χ0v) is 14.5. The number of aryl methyl sites for hydroxylation is 3. The quantitative estimate of drug-likeness (QED) is 0.618. The highest BCUT2D eigenvalue weighted by atomic mass is 32.1. The van der Waals surface area contributed by atoms with Gasteiger partial charge in [-0.05, 0) is 73.8 Å². The molecule has 2 aromatic carbocycles. The SMILES string of the molecule is Cc1ccc(NC(=S)NCc2ccc3[nH]c(C)cc3c2)c(C)c1. The third-order valence-electron chi connectivity index (χ3n) is 3.90. The van der Waals surface area contributed by atoms with E-state index in [1.807, 2.05) is 0 Å². The van der Waals surface area contributed by atoms with Gasteiger partial charge in [0.1, 0.15) is 0 Å². The van der Waals surface area contributed by atoms with Crippen LogP contribution < -0.4 is 10.6 Å². The molecule has 1 heterocycles. The van der Waals surface area contributed by atoms with Crippen LogP contribution in [0.2, 0.25) is 0 Å². The van der Waals surface area contributed by atoms with Gasteiger partial charge in [0.15, 0.2) is 5.11 Å². The minimum atomic E-state index is 0.641. The van der Waals surface area contributed by atoms with Crippen molar-refractivity contribution < 1.29 is 0 Å². The molecule has 0 spiro atoms. The lowest BCUT2D eigenvalue weighted by Crippen LogP contribution is -2.28. The Labute approximate surface area is 142 Å². The Morgan fingerprint density at radius 1 is 1.04 bits per heavy atom. The van der Waals surface area contributed by atoms with Gasteiger partial charge in [0.25, 0.3) is 0 Å². The number of aromatic amines is 1. The number of H-pyrrole nitrogens is 1. The Kier molecular flexibility index (Phi) is 4.35. The van der Waals surface area contributed by atoms with E-state index < -0.39 is 0 Å². The summed E-state index contributed by atoms with van der Waals surface area (Å²) in [5, 5.41) is 8.41. The minimum Gasteiger partial charge on any atom is -0.359 e. The minimum absolute atomic E-state index is 0.641. The molecule has 0 atom stereocenters. The fourth-order valence-corrected chi connectivity index (χ4v) is 2.92. The molecule has 1 aromatic heterocycles. The van der Waals surface area contributed by atoms with Crippen LogP contribution >= 0.6 is 12.2 Å². The smallest absolute Gasteiger partial charge is 0.171 e. The van der Waals surface area contributed by atoms with Crippen molar-refractivity contribution in [3.8, 4) is 0 Å². The summed E-state index contributed by atoms with van der Waals surface area (Å²) < 4.78 is 0. The molecule has 4 heteroatoms. The van der Waals surface area contributed by atoms with Gasteiger partial charge in [-0.2, -0.15) is 0 Å². The lowest BCUT2D eigenvalue weighted by Gasteiger charge is -2.13. The van der Waals surface area contributed by atoms with Crippen molar-refractivity contribution in [3.05, 3.63) is 64.8 Å². The summed E-state index contributed by atoms with van der Waals surface area (Å²) in [6, 6.07) is 14.9. The zero-order chi connectivity index (χ0) is 16.4. The number of aromatic nitrogens is 1. The van der Waals surface area contributed by atoms with Gasteiger partial charge >= 0.3 is 0 Å². The predicted molar refractivity (Wildman–Crippen MR) is 102 cm³/mol. The van der Waals surface area contributed by atoms with Gasteiger partial charge in [0.2, 0.25) is 0 Å². The normalized spacial score (nSPS) is 10.7. The fourth-order valence-electron chi connectivity index (χ4n) is 2.74. The van der Waals surface area contributed by atoms with Crippen LogP contribution in [-0.4, -0.2) is 10.1 Å². The first-order valence-corrected chi connectivity index (χ1v) is 8.12. The molecule has 0 aliphatic carbocycles. The molecule has 0 radical (unpaired) electrons. The van der Waals surface area contributed by atoms with Crippen LogP contribution in [0.4, 0.5) is 5.69 Å². The molecule has 0 fully saturated rings. The van der Waals surface area contributed by atoms with Gasteiger partial charge in [0, 0.05) is 23.4 Å². The van der Waals surface area contributed by atoms with E-state index in [4.69, 9.17) is 12.2 Å². The van der Waals surface area contributed by atoms with Gasteiger partial charge in [-0.15, -0.1) is 0 Å². The molecule has 0 saturated heterocycles. The van der Waals surface area contributed by atoms with Crippen molar-refractivity contribution in [2.24, 2.45) is 0 Å². The third-order valence-corrected chi connectivity index (χ3v) is 4.15. The van der Waals surface area contributed by atoms with Crippen LogP contribution in [0, 0.1) is 20.8 Å². The number of hydrogen-bond donors (Lipinski definition) is 3. The number of rotatable bonds is 3. The van der Waals surface area contributed by atoms with E-state index in [1.54, 1.807) is 0 Å². The molecule has 0 bridgehead atoms. The van der Waals surface area contributed by atoms with E-state index in [0.717, 1.165) is 5.69 Å². The summed E-state index contributed by atoms with van der Waals surface area (Å²) >= 11 is 5.40. The largest absolute Gasteiger partial charge is 0.359 e. The highest BCUT2D eigenvalue weighted by Gasteiger charge is 2.03. The van der Waals surface area contributed by atoms with Gasteiger partial charge in [0.05, 0.1) is 0 Å². The average Bonchev–Trinajstić information content (AvgIpc) is 2.87. The summed E-state index contributed by atoms with van der Waals surface area (Å²) in [6.45, 7) is 6.95. The summed E-state index contributed by atoms with van der Waals surface area (Å²) in [5.74, 6) is 0. The first-order valence-electron chi connectivity index (χ1n) is 7.71. The second-order valence-corrected chi connectivity index (χ2v) is 6.41. The Bertz CT molecular complexity index is 864. The third kappa shape index (κ3) is 3.71. The van der Waals surface area contributed by atoms with Gasteiger partial charge < -0.3 is 15.6 Å². The number of anilines is 1. The Hall–Kier alpha value is -2.33. The van der Waals surface area contributed by atoms with Crippen LogP contribution in [0.1, 0.15) is 22.4 Å². The zero-order valence-electron chi connectivity index (χ0n) is 13.7. The van der Waals surface area contributed by atoms with E-state index >= 15 is 0 Å². The second-order valence-electron chi connectivity index (χ2n) is 6.00. The molecule has 3 nitrogen and oxygen atoms in total. The average molecular weight is 323 g/mol. The molecule has 118 valence electrons. The molecular weight excluding hydrogens is 302 g/mol. The van der Waals surface area contributed by atoms with Crippen molar-refractivity contribution >= 4 is 33.9 Å². The monoisotopic (exact) mass is 323 g/mol. The van der Waals surface area contributed by atoms with Crippen molar-refractivity contribution in [2.45, 2.75) is 27.3 Å². The lowest BCUT2D eigenvalue weighted by molar-refractivity contribution is 0.927. The van der Waals surface area contributed by atoms with E-state index in [2.05, 4.69) is 78.9 Å². The Morgan fingerprint density at radius 2 is 1.87 bits per heavy atom. The molecule has 0 saturated carbocycles. The first kappa shape index (κ1) is 15.6. The molecule has 3 N–H and O–H groups in total. The van der Waals surface area contributed by atoms with E-state index in [0.29, 0.717) is 11.7 Å². The summed E-state index contributed by atoms with van der Waals surface area (Å²) in [5.41, 5.74) is 7.05. The van der Waals surface area contributed by atoms with Crippen molar-refractivity contribution in [2.75, 3.05) is 5.32 Å². The van der Waals surface area contributed by atoms with Crippen LogP contribution in [0.15, 0.2) is 42.5 Å². The topological polar surface area (TPSA) is 39.8 Å². The summed E-state index contributed by atoms with van der Waals surface area (Å²) in [7, 11) is 0. The highest BCUT2D eigenvalue weighted by Crippen LogP contribution is 2.17. The number of nitrogens with one attached hydrogen (secondary N) is 3. The number of thiocarbonyl (C=S) groups is 1. The molecule has 0 aliphatic heterocycles. The Balaban J connectivity index is 1.63. The van der Waals surface area contributed by atoms with Crippen LogP contribution in [0.5, 0.6) is 0 Å². The number of benzene rings is 2. The maximum atomic E-state index is 5.40. The molecule has 3 aromatic rings. The predicted octanol–water partition coefficient (Wildman–Crippen LogP) is 4.58. The van der Waals surface area contributed by atoms with Gasteiger partial charge in [-0.3, -0.25) is 0 Å². The summed E-state index contributed by atoms with van der Waals surface area (Å²) in [6.07, 6.45) is 0. The molecule has 0 aliphatic rings. The first-order chi connectivity index (χ1) is 11.0. The molecule has 23 heavy (non-hydrogen) atoms. The van der Waals surface area contributed by atoms with Crippen LogP contribution in [-0.2, 0) is 6.54 Å². The maximum absolute atomic E-state index is 5.40. The summed E-state index contributed by atoms with van der Waals surface area (Å²) in [4.78, 5) is 3.34. The highest BCUT2D eigenvalue weighted by molar-refractivity contribution is 7.80. The molecular formula is C19H21N3S. The number of hydrogen-bond acceptors (Lipinski definition) is 1. The molecule has 3 rings (SSSR count). The Morgan fingerprint density at radius 3 is 2.65 bits per heavy atom.